The van der Waals surface area contributed by atoms with Crippen LogP contribution in [0.25, 0.3) is 0 Å². The summed E-state index contributed by atoms with van der Waals surface area (Å²) in [7, 11) is 1.73. The van der Waals surface area contributed by atoms with E-state index < -0.39 is 0 Å². The molecule has 1 aliphatic rings. The smallest absolute Gasteiger partial charge is 0.124 e. The molecule has 24 heavy (non-hydrogen) atoms. The Morgan fingerprint density at radius 2 is 1.92 bits per heavy atom. The van der Waals surface area contributed by atoms with Gasteiger partial charge in [0.2, 0.25) is 0 Å². The van der Waals surface area contributed by atoms with Crippen molar-refractivity contribution in [3.05, 3.63) is 64.2 Å². The van der Waals surface area contributed by atoms with Crippen molar-refractivity contribution in [1.82, 2.24) is 10.2 Å². The van der Waals surface area contributed by atoms with Crippen molar-refractivity contribution in [2.75, 3.05) is 33.3 Å². The summed E-state index contributed by atoms with van der Waals surface area (Å²) in [5.74, 6) is 0.893. The van der Waals surface area contributed by atoms with Gasteiger partial charge in [0.05, 0.1) is 13.2 Å². The maximum atomic E-state index is 6.33. The molecule has 1 unspecified atom stereocenters. The first-order valence-electron chi connectivity index (χ1n) is 8.54. The molecule has 3 nitrogen and oxygen atoms in total. The Bertz CT molecular complexity index is 681. The molecule has 0 bridgehead atoms. The Morgan fingerprint density at radius 1 is 1.08 bits per heavy atom. The van der Waals surface area contributed by atoms with Crippen molar-refractivity contribution in [3.63, 3.8) is 0 Å². The average molecular weight is 345 g/mol. The lowest BCUT2D eigenvalue weighted by atomic mass is 9.92. The van der Waals surface area contributed by atoms with Gasteiger partial charge in [0.15, 0.2) is 0 Å². The number of rotatable bonds is 4. The number of hydrogen-bond donors (Lipinski definition) is 1. The molecule has 1 atom stereocenters. The van der Waals surface area contributed by atoms with Gasteiger partial charge in [0.1, 0.15) is 5.75 Å². The van der Waals surface area contributed by atoms with Crippen molar-refractivity contribution in [2.24, 2.45) is 0 Å². The summed E-state index contributed by atoms with van der Waals surface area (Å²) in [6.07, 6.45) is 1.14. The molecule has 3 rings (SSSR count). The predicted octanol–water partition coefficient (Wildman–Crippen LogP) is 4.04. The van der Waals surface area contributed by atoms with E-state index in [0.717, 1.165) is 48.9 Å². The molecule has 4 heteroatoms. The Hall–Kier alpha value is -1.55. The monoisotopic (exact) mass is 344 g/mol. The van der Waals surface area contributed by atoms with Crippen LogP contribution >= 0.6 is 11.6 Å². The maximum absolute atomic E-state index is 6.33. The third kappa shape index (κ3) is 3.75. The van der Waals surface area contributed by atoms with Gasteiger partial charge in [-0.2, -0.15) is 0 Å². The van der Waals surface area contributed by atoms with Crippen LogP contribution in [0.4, 0.5) is 0 Å². The van der Waals surface area contributed by atoms with Gasteiger partial charge in [-0.25, -0.2) is 0 Å². The molecular weight excluding hydrogens is 320 g/mol. The average Bonchev–Trinajstić information content (AvgIpc) is 2.86. The van der Waals surface area contributed by atoms with Gasteiger partial charge in [0.25, 0.3) is 0 Å². The number of aryl methyl sites for hydroxylation is 1. The number of halogens is 1. The summed E-state index contributed by atoms with van der Waals surface area (Å²) in [5.41, 5.74) is 3.75. The normalized spacial score (nSPS) is 17.3. The largest absolute Gasteiger partial charge is 0.496 e. The first-order valence-corrected chi connectivity index (χ1v) is 8.92. The van der Waals surface area contributed by atoms with Crippen LogP contribution in [0.5, 0.6) is 5.75 Å². The molecule has 0 radical (unpaired) electrons. The van der Waals surface area contributed by atoms with Gasteiger partial charge in [-0.05, 0) is 49.2 Å². The number of nitrogens with zero attached hydrogens (tertiary/aromatic N) is 1. The molecule has 1 fully saturated rings. The summed E-state index contributed by atoms with van der Waals surface area (Å²) in [6.45, 7) is 6.32. The zero-order chi connectivity index (χ0) is 16.9. The first kappa shape index (κ1) is 17.3. The quantitative estimate of drug-likeness (QED) is 0.905. The van der Waals surface area contributed by atoms with Crippen molar-refractivity contribution in [1.29, 1.82) is 0 Å². The molecule has 1 N–H and O–H groups in total. The van der Waals surface area contributed by atoms with E-state index in [1.54, 1.807) is 7.11 Å². The van der Waals surface area contributed by atoms with Crippen molar-refractivity contribution < 1.29 is 4.74 Å². The number of nitrogens with one attached hydrogen (secondary N) is 1. The lowest BCUT2D eigenvalue weighted by Crippen LogP contribution is -2.33. The third-order valence-corrected chi connectivity index (χ3v) is 4.94. The van der Waals surface area contributed by atoms with E-state index in [0.29, 0.717) is 0 Å². The van der Waals surface area contributed by atoms with Crippen LogP contribution in [-0.2, 0) is 0 Å². The van der Waals surface area contributed by atoms with Gasteiger partial charge in [-0.15, -0.1) is 0 Å². The highest BCUT2D eigenvalue weighted by Gasteiger charge is 2.27. The maximum Gasteiger partial charge on any atom is 0.124 e. The molecule has 0 aliphatic carbocycles. The molecule has 1 heterocycles. The summed E-state index contributed by atoms with van der Waals surface area (Å²) in [6, 6.07) is 14.7. The summed E-state index contributed by atoms with van der Waals surface area (Å²) in [5, 5.41) is 4.24. The lowest BCUT2D eigenvalue weighted by molar-refractivity contribution is 0.235. The van der Waals surface area contributed by atoms with E-state index in [2.05, 4.69) is 47.5 Å². The van der Waals surface area contributed by atoms with Crippen molar-refractivity contribution in [3.8, 4) is 5.75 Å². The molecule has 1 aliphatic heterocycles. The fourth-order valence-corrected chi connectivity index (χ4v) is 3.68. The Kier molecular flexibility index (Phi) is 5.77. The van der Waals surface area contributed by atoms with Gasteiger partial charge in [-0.1, -0.05) is 35.9 Å². The number of hydrogen-bond acceptors (Lipinski definition) is 3. The molecule has 2 aromatic rings. The van der Waals surface area contributed by atoms with Crippen LogP contribution in [0.1, 0.15) is 29.2 Å². The van der Waals surface area contributed by atoms with E-state index >= 15 is 0 Å². The van der Waals surface area contributed by atoms with Gasteiger partial charge in [-0.3, -0.25) is 4.90 Å². The third-order valence-electron chi connectivity index (χ3n) is 4.71. The second kappa shape index (κ2) is 8.02. The van der Waals surface area contributed by atoms with E-state index in [1.807, 2.05) is 12.1 Å². The fourth-order valence-electron chi connectivity index (χ4n) is 3.50. The van der Waals surface area contributed by atoms with Crippen LogP contribution in [0.3, 0.4) is 0 Å². The second-order valence-electron chi connectivity index (χ2n) is 6.28. The molecular formula is C20H25ClN2O. The Balaban J connectivity index is 2.11. The van der Waals surface area contributed by atoms with Crippen LogP contribution in [0.15, 0.2) is 42.5 Å². The Labute approximate surface area is 149 Å². The molecule has 0 spiro atoms. The van der Waals surface area contributed by atoms with E-state index in [4.69, 9.17) is 16.3 Å². The first-order chi connectivity index (χ1) is 11.7. The minimum Gasteiger partial charge on any atom is -0.496 e. The molecule has 0 saturated carbocycles. The van der Waals surface area contributed by atoms with Crippen LogP contribution in [0.2, 0.25) is 5.02 Å². The van der Waals surface area contributed by atoms with E-state index in [1.165, 1.54) is 11.1 Å². The fraction of sp³-hybridized carbons (Fsp3) is 0.400. The van der Waals surface area contributed by atoms with Gasteiger partial charge in [0, 0.05) is 30.2 Å². The molecule has 128 valence electrons. The highest BCUT2D eigenvalue weighted by molar-refractivity contribution is 6.30. The minimum atomic E-state index is 0.153. The lowest BCUT2D eigenvalue weighted by Gasteiger charge is -2.33. The second-order valence-corrected chi connectivity index (χ2v) is 6.72. The summed E-state index contributed by atoms with van der Waals surface area (Å²) >= 11 is 6.33. The van der Waals surface area contributed by atoms with E-state index in [-0.39, 0.29) is 6.04 Å². The van der Waals surface area contributed by atoms with Gasteiger partial charge >= 0.3 is 0 Å². The van der Waals surface area contributed by atoms with Crippen LogP contribution in [0, 0.1) is 6.92 Å². The number of ether oxygens (including phenoxy) is 1. The zero-order valence-electron chi connectivity index (χ0n) is 14.4. The minimum absolute atomic E-state index is 0.153. The molecule has 2 aromatic carbocycles. The van der Waals surface area contributed by atoms with E-state index in [9.17, 15) is 0 Å². The standard InChI is InChI=1S/C20H25ClN2O/c1-15-6-3-4-7-17(15)20(23-12-5-10-22-11-13-23)18-14-16(21)8-9-19(18)24-2/h3-4,6-9,14,20,22H,5,10-13H2,1-2H3. The molecule has 1 saturated heterocycles. The Morgan fingerprint density at radius 3 is 2.71 bits per heavy atom. The highest BCUT2D eigenvalue weighted by Crippen LogP contribution is 2.37. The van der Waals surface area contributed by atoms with Gasteiger partial charge < -0.3 is 10.1 Å². The van der Waals surface area contributed by atoms with Crippen molar-refractivity contribution >= 4 is 11.6 Å². The van der Waals surface area contributed by atoms with Crippen LogP contribution < -0.4 is 10.1 Å². The summed E-state index contributed by atoms with van der Waals surface area (Å²) in [4.78, 5) is 2.54. The molecule has 0 amide bonds. The zero-order valence-corrected chi connectivity index (χ0v) is 15.1. The molecule has 0 aromatic heterocycles. The van der Waals surface area contributed by atoms with Crippen molar-refractivity contribution in [2.45, 2.75) is 19.4 Å². The van der Waals surface area contributed by atoms with Crippen LogP contribution in [-0.4, -0.2) is 38.2 Å². The topological polar surface area (TPSA) is 24.5 Å². The predicted molar refractivity (Wildman–Crippen MR) is 100 cm³/mol. The SMILES string of the molecule is COc1ccc(Cl)cc1C(c1ccccc1C)N1CCCNCC1. The number of benzene rings is 2. The number of methoxy groups -OCH3 is 1. The summed E-state index contributed by atoms with van der Waals surface area (Å²) < 4.78 is 5.66. The highest BCUT2D eigenvalue weighted by atomic mass is 35.5.